The molecule has 1 heterocycles. The van der Waals surface area contributed by atoms with Gasteiger partial charge in [0.05, 0.1) is 11.7 Å². The van der Waals surface area contributed by atoms with Gasteiger partial charge in [0.1, 0.15) is 5.82 Å². The first kappa shape index (κ1) is 17.2. The third kappa shape index (κ3) is 3.59. The molecule has 8 heteroatoms. The van der Waals surface area contributed by atoms with E-state index >= 15 is 0 Å². The zero-order chi connectivity index (χ0) is 16.5. The van der Waals surface area contributed by atoms with Crippen molar-refractivity contribution in [1.82, 2.24) is 4.31 Å². The van der Waals surface area contributed by atoms with Crippen LogP contribution >= 0.6 is 11.6 Å². The average Bonchev–Trinajstić information content (AvgIpc) is 2.43. The molecule has 1 aromatic carbocycles. The highest BCUT2D eigenvalue weighted by molar-refractivity contribution is 7.88. The molecule has 0 aromatic heterocycles. The van der Waals surface area contributed by atoms with E-state index in [0.717, 1.165) is 10.4 Å². The number of carboxylic acid groups (broad SMARTS) is 1. The second-order valence-electron chi connectivity index (χ2n) is 5.49. The summed E-state index contributed by atoms with van der Waals surface area (Å²) < 4.78 is 40.0. The van der Waals surface area contributed by atoms with Gasteiger partial charge in [-0.25, -0.2) is 12.8 Å². The van der Waals surface area contributed by atoms with Gasteiger partial charge in [0.2, 0.25) is 10.0 Å². The summed E-state index contributed by atoms with van der Waals surface area (Å²) in [5.74, 6) is -3.01. The van der Waals surface area contributed by atoms with Gasteiger partial charge in [-0.05, 0) is 31.9 Å². The van der Waals surface area contributed by atoms with E-state index in [1.54, 1.807) is 6.92 Å². The maximum atomic E-state index is 13.8. The fourth-order valence-corrected chi connectivity index (χ4v) is 4.79. The molecule has 0 amide bonds. The van der Waals surface area contributed by atoms with Crippen LogP contribution in [0.4, 0.5) is 4.39 Å². The number of rotatable bonds is 4. The molecule has 0 saturated carbocycles. The summed E-state index contributed by atoms with van der Waals surface area (Å²) in [4.78, 5) is 11.1. The van der Waals surface area contributed by atoms with E-state index in [2.05, 4.69) is 0 Å². The first-order chi connectivity index (χ1) is 10.2. The van der Waals surface area contributed by atoms with Gasteiger partial charge in [-0.3, -0.25) is 4.79 Å². The van der Waals surface area contributed by atoms with Crippen molar-refractivity contribution in [2.45, 2.75) is 31.6 Å². The van der Waals surface area contributed by atoms with Crippen LogP contribution in [0.25, 0.3) is 0 Å². The maximum Gasteiger partial charge on any atom is 0.307 e. The molecule has 122 valence electrons. The highest BCUT2D eigenvalue weighted by Crippen LogP contribution is 2.28. The summed E-state index contributed by atoms with van der Waals surface area (Å²) in [6, 6.07) is 3.66. The van der Waals surface area contributed by atoms with Crippen molar-refractivity contribution in [2.75, 3.05) is 6.54 Å². The van der Waals surface area contributed by atoms with Crippen molar-refractivity contribution in [3.63, 3.8) is 0 Å². The molecule has 1 fully saturated rings. The fourth-order valence-electron chi connectivity index (χ4n) is 2.60. The van der Waals surface area contributed by atoms with E-state index < -0.39 is 33.5 Å². The van der Waals surface area contributed by atoms with Gasteiger partial charge in [0.15, 0.2) is 0 Å². The number of sulfonamides is 1. The molecule has 0 radical (unpaired) electrons. The molecule has 2 unspecified atom stereocenters. The van der Waals surface area contributed by atoms with Crippen molar-refractivity contribution in [2.24, 2.45) is 5.92 Å². The van der Waals surface area contributed by atoms with Gasteiger partial charge in [0, 0.05) is 23.2 Å². The van der Waals surface area contributed by atoms with E-state index in [1.807, 2.05) is 0 Å². The molecule has 2 atom stereocenters. The number of halogens is 2. The number of benzene rings is 1. The molecular formula is C14H17ClFNO4S. The SMILES string of the molecule is CC1CCC(C(=O)O)CN1S(=O)(=O)Cc1c(F)cccc1Cl. The molecule has 0 spiro atoms. The quantitative estimate of drug-likeness (QED) is 0.906. The highest BCUT2D eigenvalue weighted by atomic mass is 35.5. The Balaban J connectivity index is 2.27. The predicted molar refractivity (Wildman–Crippen MR) is 80.6 cm³/mol. The van der Waals surface area contributed by atoms with Crippen LogP contribution in [-0.4, -0.2) is 36.4 Å². The van der Waals surface area contributed by atoms with E-state index in [1.165, 1.54) is 12.1 Å². The molecule has 22 heavy (non-hydrogen) atoms. The molecule has 5 nitrogen and oxygen atoms in total. The summed E-state index contributed by atoms with van der Waals surface area (Å²) >= 11 is 5.87. The largest absolute Gasteiger partial charge is 0.481 e. The fraction of sp³-hybridized carbons (Fsp3) is 0.500. The molecule has 0 bridgehead atoms. The lowest BCUT2D eigenvalue weighted by atomic mass is 9.96. The van der Waals surface area contributed by atoms with Crippen LogP contribution in [0.2, 0.25) is 5.02 Å². The topological polar surface area (TPSA) is 74.7 Å². The summed E-state index contributed by atoms with van der Waals surface area (Å²) in [5, 5.41) is 9.13. The Hall–Kier alpha value is -1.18. The summed E-state index contributed by atoms with van der Waals surface area (Å²) in [5.41, 5.74) is -0.0891. The smallest absolute Gasteiger partial charge is 0.307 e. The van der Waals surface area contributed by atoms with E-state index in [0.29, 0.717) is 12.8 Å². The molecule has 1 aliphatic heterocycles. The lowest BCUT2D eigenvalue weighted by molar-refractivity contribution is -0.143. The highest BCUT2D eigenvalue weighted by Gasteiger charge is 2.37. The summed E-state index contributed by atoms with van der Waals surface area (Å²) in [6.07, 6.45) is 0.893. The van der Waals surface area contributed by atoms with Gasteiger partial charge < -0.3 is 5.11 Å². The van der Waals surface area contributed by atoms with Crippen LogP contribution in [-0.2, 0) is 20.6 Å². The molecule has 1 aromatic rings. The van der Waals surface area contributed by atoms with Crippen molar-refractivity contribution < 1.29 is 22.7 Å². The van der Waals surface area contributed by atoms with Crippen molar-refractivity contribution in [1.29, 1.82) is 0 Å². The zero-order valence-electron chi connectivity index (χ0n) is 12.0. The first-order valence-corrected chi connectivity index (χ1v) is 8.86. The zero-order valence-corrected chi connectivity index (χ0v) is 13.6. The van der Waals surface area contributed by atoms with Gasteiger partial charge in [-0.2, -0.15) is 4.31 Å². The summed E-state index contributed by atoms with van der Waals surface area (Å²) in [6.45, 7) is 1.63. The number of carboxylic acids is 1. The number of piperidine rings is 1. The van der Waals surface area contributed by atoms with Crippen LogP contribution in [0, 0.1) is 11.7 Å². The van der Waals surface area contributed by atoms with Crippen molar-refractivity contribution in [3.05, 3.63) is 34.6 Å². The number of aliphatic carboxylic acids is 1. The predicted octanol–water partition coefficient (Wildman–Crippen LogP) is 2.49. The average molecular weight is 350 g/mol. The molecule has 2 rings (SSSR count). The molecule has 1 saturated heterocycles. The first-order valence-electron chi connectivity index (χ1n) is 6.87. The Morgan fingerprint density at radius 1 is 1.45 bits per heavy atom. The van der Waals surface area contributed by atoms with Crippen molar-refractivity contribution >= 4 is 27.6 Å². The third-order valence-corrected chi connectivity index (χ3v) is 6.15. The third-order valence-electron chi connectivity index (χ3n) is 3.92. The summed E-state index contributed by atoms with van der Waals surface area (Å²) in [7, 11) is -3.85. The number of nitrogens with zero attached hydrogens (tertiary/aromatic N) is 1. The standard InChI is InChI=1S/C14H17ClFNO4S/c1-9-5-6-10(14(18)19)7-17(9)22(20,21)8-11-12(15)3-2-4-13(11)16/h2-4,9-10H,5-8H2,1H3,(H,18,19). The Morgan fingerprint density at radius 3 is 2.73 bits per heavy atom. The second-order valence-corrected chi connectivity index (χ2v) is 7.82. The molecular weight excluding hydrogens is 333 g/mol. The minimum Gasteiger partial charge on any atom is -0.481 e. The Labute approximate surface area is 133 Å². The Bertz CT molecular complexity index is 659. The van der Waals surface area contributed by atoms with Gasteiger partial charge in [0.25, 0.3) is 0 Å². The minimum atomic E-state index is -3.85. The van der Waals surface area contributed by atoms with Crippen LogP contribution in [0.1, 0.15) is 25.3 Å². The number of hydrogen-bond donors (Lipinski definition) is 1. The lowest BCUT2D eigenvalue weighted by Crippen LogP contribution is -2.47. The number of hydrogen-bond acceptors (Lipinski definition) is 3. The van der Waals surface area contributed by atoms with Gasteiger partial charge in [-0.1, -0.05) is 17.7 Å². The molecule has 1 N–H and O–H groups in total. The monoisotopic (exact) mass is 349 g/mol. The van der Waals surface area contributed by atoms with Gasteiger partial charge >= 0.3 is 5.97 Å². The van der Waals surface area contributed by atoms with Crippen LogP contribution in [0.5, 0.6) is 0 Å². The molecule has 0 aliphatic carbocycles. The number of carbonyl (C=O) groups is 1. The van der Waals surface area contributed by atoms with Crippen LogP contribution in [0.3, 0.4) is 0 Å². The normalized spacial score (nSPS) is 23.4. The maximum absolute atomic E-state index is 13.8. The lowest BCUT2D eigenvalue weighted by Gasteiger charge is -2.35. The second kappa shape index (κ2) is 6.52. The van der Waals surface area contributed by atoms with Crippen LogP contribution in [0.15, 0.2) is 18.2 Å². The molecule has 1 aliphatic rings. The van der Waals surface area contributed by atoms with E-state index in [9.17, 15) is 17.6 Å². The Kier molecular flexibility index (Phi) is 5.09. The minimum absolute atomic E-state index is 0.0445. The van der Waals surface area contributed by atoms with E-state index in [-0.39, 0.29) is 23.2 Å². The van der Waals surface area contributed by atoms with Crippen molar-refractivity contribution in [3.8, 4) is 0 Å². The van der Waals surface area contributed by atoms with Gasteiger partial charge in [-0.15, -0.1) is 0 Å². The Morgan fingerprint density at radius 2 is 2.14 bits per heavy atom. The van der Waals surface area contributed by atoms with Crippen LogP contribution < -0.4 is 0 Å². The van der Waals surface area contributed by atoms with E-state index in [4.69, 9.17) is 16.7 Å².